The van der Waals surface area contributed by atoms with Crippen molar-refractivity contribution in [1.29, 1.82) is 0 Å². The fraction of sp³-hybridized carbons (Fsp3) is 0.316. The molecule has 6 nitrogen and oxygen atoms in total. The number of carbonyl (C=O) groups excluding carboxylic acids is 1. The summed E-state index contributed by atoms with van der Waals surface area (Å²) in [5, 5.41) is 0. The van der Waals surface area contributed by atoms with Gasteiger partial charge in [0.25, 0.3) is 5.91 Å². The zero-order valence-electron chi connectivity index (χ0n) is 15.6. The molecule has 0 radical (unpaired) electrons. The van der Waals surface area contributed by atoms with Crippen molar-refractivity contribution in [1.82, 2.24) is 4.90 Å². The maximum Gasteiger partial charge on any atom is 0.254 e. The molecule has 1 amide bonds. The van der Waals surface area contributed by atoms with Crippen LogP contribution in [-0.2, 0) is 16.4 Å². The minimum Gasteiger partial charge on any atom is -0.493 e. The fourth-order valence-electron chi connectivity index (χ4n) is 2.67. The lowest BCUT2D eigenvalue weighted by atomic mass is 10.1. The SMILES string of the molecule is COc1cccc(CN(C)C(=O)c2cc(S(C)(=O)=O)ccc2C)c1OC. The van der Waals surface area contributed by atoms with Crippen molar-refractivity contribution < 1.29 is 22.7 Å². The van der Waals surface area contributed by atoms with Gasteiger partial charge in [-0.25, -0.2) is 8.42 Å². The number of methoxy groups -OCH3 is 2. The number of rotatable bonds is 6. The van der Waals surface area contributed by atoms with Crippen LogP contribution in [0.15, 0.2) is 41.3 Å². The second-order valence-electron chi connectivity index (χ2n) is 6.06. The molecule has 0 atom stereocenters. The van der Waals surface area contributed by atoms with Gasteiger partial charge >= 0.3 is 0 Å². The molecule has 0 aliphatic heterocycles. The third-order valence-electron chi connectivity index (χ3n) is 4.11. The number of hydrogen-bond donors (Lipinski definition) is 0. The van der Waals surface area contributed by atoms with E-state index in [-0.39, 0.29) is 10.8 Å². The van der Waals surface area contributed by atoms with E-state index in [1.807, 2.05) is 12.1 Å². The summed E-state index contributed by atoms with van der Waals surface area (Å²) >= 11 is 0. The van der Waals surface area contributed by atoms with E-state index in [1.54, 1.807) is 40.3 Å². The summed E-state index contributed by atoms with van der Waals surface area (Å²) in [4.78, 5) is 14.5. The largest absolute Gasteiger partial charge is 0.493 e. The average Bonchev–Trinajstić information content (AvgIpc) is 2.60. The van der Waals surface area contributed by atoms with Crippen LogP contribution in [0.3, 0.4) is 0 Å². The maximum absolute atomic E-state index is 12.9. The first kappa shape index (κ1) is 19.8. The van der Waals surface area contributed by atoms with E-state index in [2.05, 4.69) is 0 Å². The molecule has 0 aromatic heterocycles. The third kappa shape index (κ3) is 4.16. The van der Waals surface area contributed by atoms with Crippen LogP contribution < -0.4 is 9.47 Å². The molecule has 26 heavy (non-hydrogen) atoms. The number of aryl methyl sites for hydroxylation is 1. The molecule has 0 fully saturated rings. The van der Waals surface area contributed by atoms with Gasteiger partial charge in [-0.2, -0.15) is 0 Å². The second-order valence-corrected chi connectivity index (χ2v) is 8.08. The minimum absolute atomic E-state index is 0.124. The van der Waals surface area contributed by atoms with Gasteiger partial charge in [0.15, 0.2) is 21.3 Å². The lowest BCUT2D eigenvalue weighted by Gasteiger charge is -2.21. The van der Waals surface area contributed by atoms with Crippen LogP contribution in [-0.4, -0.2) is 46.7 Å². The summed E-state index contributed by atoms with van der Waals surface area (Å²) < 4.78 is 34.2. The number of ether oxygens (including phenoxy) is 2. The molecule has 0 saturated carbocycles. The minimum atomic E-state index is -3.39. The zero-order valence-corrected chi connectivity index (χ0v) is 16.4. The normalized spacial score (nSPS) is 11.1. The number of amides is 1. The highest BCUT2D eigenvalue weighted by Gasteiger charge is 2.19. The van der Waals surface area contributed by atoms with E-state index in [0.29, 0.717) is 29.2 Å². The summed E-state index contributed by atoms with van der Waals surface area (Å²) in [5.74, 6) is 0.884. The number of benzene rings is 2. The molecular formula is C19H23NO5S. The molecule has 0 heterocycles. The van der Waals surface area contributed by atoms with Crippen LogP contribution in [0.25, 0.3) is 0 Å². The van der Waals surface area contributed by atoms with E-state index < -0.39 is 9.84 Å². The zero-order chi connectivity index (χ0) is 19.5. The Balaban J connectivity index is 2.34. The number of nitrogens with zero attached hydrogens (tertiary/aromatic N) is 1. The highest BCUT2D eigenvalue weighted by molar-refractivity contribution is 7.90. The van der Waals surface area contributed by atoms with Gasteiger partial charge in [-0.15, -0.1) is 0 Å². The van der Waals surface area contributed by atoms with Crippen LogP contribution in [0, 0.1) is 6.92 Å². The van der Waals surface area contributed by atoms with Gasteiger partial charge in [0.05, 0.1) is 19.1 Å². The Morgan fingerprint density at radius 1 is 1.12 bits per heavy atom. The van der Waals surface area contributed by atoms with Crippen LogP contribution in [0.4, 0.5) is 0 Å². The number of sulfone groups is 1. The summed E-state index contributed by atoms with van der Waals surface area (Å²) in [6.45, 7) is 2.07. The Hall–Kier alpha value is -2.54. The molecule has 2 aromatic rings. The van der Waals surface area contributed by atoms with Gasteiger partial charge in [0.2, 0.25) is 0 Å². The molecule has 140 valence electrons. The fourth-order valence-corrected chi connectivity index (χ4v) is 3.32. The second kappa shape index (κ2) is 7.78. The van der Waals surface area contributed by atoms with Gasteiger partial charge in [0.1, 0.15) is 0 Å². The summed E-state index contributed by atoms with van der Waals surface area (Å²) in [6.07, 6.45) is 1.12. The molecule has 0 bridgehead atoms. The Morgan fingerprint density at radius 3 is 2.38 bits per heavy atom. The number of hydrogen-bond acceptors (Lipinski definition) is 5. The topological polar surface area (TPSA) is 72.9 Å². The molecule has 0 aliphatic rings. The van der Waals surface area contributed by atoms with E-state index in [4.69, 9.17) is 9.47 Å². The highest BCUT2D eigenvalue weighted by atomic mass is 32.2. The summed E-state index contributed by atoms with van der Waals surface area (Å²) in [5.41, 5.74) is 1.86. The predicted octanol–water partition coefficient (Wildman–Crippen LogP) is 2.69. The Labute approximate surface area is 154 Å². The highest BCUT2D eigenvalue weighted by Crippen LogP contribution is 2.31. The van der Waals surface area contributed by atoms with E-state index in [0.717, 1.165) is 11.8 Å². The van der Waals surface area contributed by atoms with Gasteiger partial charge < -0.3 is 14.4 Å². The van der Waals surface area contributed by atoms with Crippen molar-refractivity contribution in [3.8, 4) is 11.5 Å². The quantitative estimate of drug-likeness (QED) is 0.774. The lowest BCUT2D eigenvalue weighted by molar-refractivity contribution is 0.0783. The van der Waals surface area contributed by atoms with Crippen molar-refractivity contribution in [2.24, 2.45) is 0 Å². The Kier molecular flexibility index (Phi) is 5.92. The average molecular weight is 377 g/mol. The monoisotopic (exact) mass is 377 g/mol. The molecule has 2 rings (SSSR count). The number of carbonyl (C=O) groups is 1. The molecule has 0 N–H and O–H groups in total. The van der Waals surface area contributed by atoms with Crippen molar-refractivity contribution in [3.05, 3.63) is 53.1 Å². The molecule has 7 heteroatoms. The van der Waals surface area contributed by atoms with Crippen molar-refractivity contribution in [2.45, 2.75) is 18.4 Å². The Morgan fingerprint density at radius 2 is 1.81 bits per heavy atom. The van der Waals surface area contributed by atoms with Gasteiger partial charge in [-0.1, -0.05) is 18.2 Å². The molecule has 0 spiro atoms. The molecule has 2 aromatic carbocycles. The molecule has 0 saturated heterocycles. The molecule has 0 aliphatic carbocycles. The lowest BCUT2D eigenvalue weighted by Crippen LogP contribution is -2.27. The maximum atomic E-state index is 12.9. The first-order valence-electron chi connectivity index (χ1n) is 7.95. The standard InChI is InChI=1S/C19H23NO5S/c1-13-9-10-15(26(5,22)23)11-16(13)19(21)20(2)12-14-7-6-8-17(24-3)18(14)25-4/h6-11H,12H2,1-5H3. The van der Waals surface area contributed by atoms with Crippen LogP contribution >= 0.6 is 0 Å². The van der Waals surface area contributed by atoms with E-state index in [1.165, 1.54) is 17.0 Å². The van der Waals surface area contributed by atoms with Gasteiger partial charge in [-0.3, -0.25) is 4.79 Å². The Bertz CT molecular complexity index is 922. The predicted molar refractivity (Wildman–Crippen MR) is 99.6 cm³/mol. The van der Waals surface area contributed by atoms with Crippen LogP contribution in [0.2, 0.25) is 0 Å². The third-order valence-corrected chi connectivity index (χ3v) is 5.22. The molecular weight excluding hydrogens is 354 g/mol. The molecule has 0 unspecified atom stereocenters. The van der Waals surface area contributed by atoms with Crippen molar-refractivity contribution in [3.63, 3.8) is 0 Å². The smallest absolute Gasteiger partial charge is 0.254 e. The summed E-state index contributed by atoms with van der Waals surface area (Å²) in [7, 11) is 1.37. The summed E-state index contributed by atoms with van der Waals surface area (Å²) in [6, 6.07) is 10.0. The van der Waals surface area contributed by atoms with Crippen LogP contribution in [0.1, 0.15) is 21.5 Å². The van der Waals surface area contributed by atoms with Crippen LogP contribution in [0.5, 0.6) is 11.5 Å². The van der Waals surface area contributed by atoms with E-state index >= 15 is 0 Å². The first-order chi connectivity index (χ1) is 12.2. The van der Waals surface area contributed by atoms with Crippen molar-refractivity contribution in [2.75, 3.05) is 27.5 Å². The number of para-hydroxylation sites is 1. The van der Waals surface area contributed by atoms with Crippen molar-refractivity contribution >= 4 is 15.7 Å². The van der Waals surface area contributed by atoms with Gasteiger partial charge in [0, 0.05) is 31.0 Å². The van der Waals surface area contributed by atoms with E-state index in [9.17, 15) is 13.2 Å². The van der Waals surface area contributed by atoms with Gasteiger partial charge in [-0.05, 0) is 30.7 Å². The first-order valence-corrected chi connectivity index (χ1v) is 9.84.